The number of nitrogens with zero attached hydrogens (tertiary/aromatic N) is 2. The average Bonchev–Trinajstić information content (AvgIpc) is 1.64. The molecule has 8 heavy (non-hydrogen) atoms. The molecule has 0 unspecified atom stereocenters. The van der Waals surface area contributed by atoms with Crippen molar-refractivity contribution in [3.8, 4) is 0 Å². The summed E-state index contributed by atoms with van der Waals surface area (Å²) in [5, 5.41) is 0. The van der Waals surface area contributed by atoms with Crippen molar-refractivity contribution in [1.29, 1.82) is 0 Å². The van der Waals surface area contributed by atoms with Crippen LogP contribution in [0.5, 0.6) is 0 Å². The van der Waals surface area contributed by atoms with Crippen molar-refractivity contribution < 1.29 is 0 Å². The molecule has 0 saturated heterocycles. The third-order valence-corrected chi connectivity index (χ3v) is 0.834. The summed E-state index contributed by atoms with van der Waals surface area (Å²) in [6.07, 6.45) is 1.70. The molecule has 0 fully saturated rings. The zero-order chi connectivity index (χ0) is 5.98. The summed E-state index contributed by atoms with van der Waals surface area (Å²) in [7, 11) is 0. The fraction of sp³-hybridized carbons (Fsp3) is 0.167. The first-order valence-corrected chi connectivity index (χ1v) is 2.40. The van der Waals surface area contributed by atoms with Crippen molar-refractivity contribution in [2.45, 2.75) is 6.92 Å². The van der Waals surface area contributed by atoms with Crippen LogP contribution in [0.15, 0.2) is 12.3 Å². The molecule has 1 radical (unpaired) electrons. The predicted molar refractivity (Wildman–Crippen MR) is 31.2 cm³/mol. The highest BCUT2D eigenvalue weighted by molar-refractivity contribution is 5.03. The lowest BCUT2D eigenvalue weighted by molar-refractivity contribution is 1.03. The molecule has 1 heterocycles. The van der Waals surface area contributed by atoms with Crippen LogP contribution in [0, 0.1) is 13.8 Å². The maximum Gasteiger partial charge on any atom is 0.125 e. The maximum atomic E-state index is 3.95. The van der Waals surface area contributed by atoms with Crippen molar-refractivity contribution in [1.82, 2.24) is 9.97 Å². The van der Waals surface area contributed by atoms with E-state index in [4.69, 9.17) is 0 Å². The highest BCUT2D eigenvalue weighted by Gasteiger charge is 1.83. The van der Waals surface area contributed by atoms with Gasteiger partial charge in [-0.25, -0.2) is 9.97 Å². The fourth-order valence-corrected chi connectivity index (χ4v) is 0.505. The highest BCUT2D eigenvalue weighted by Crippen LogP contribution is 1.88. The van der Waals surface area contributed by atoms with Gasteiger partial charge in [-0.05, 0) is 19.9 Å². The van der Waals surface area contributed by atoms with Crippen LogP contribution in [0.3, 0.4) is 0 Å². The third-order valence-electron chi connectivity index (χ3n) is 0.834. The molecule has 0 spiro atoms. The predicted octanol–water partition coefficient (Wildman–Crippen LogP) is 0.967. The molecule has 41 valence electrons. The number of hydrogen-bond donors (Lipinski definition) is 0. The van der Waals surface area contributed by atoms with Gasteiger partial charge in [0.05, 0.1) is 0 Å². The smallest absolute Gasteiger partial charge is 0.125 e. The molecule has 0 bridgehead atoms. The second-order valence-electron chi connectivity index (χ2n) is 1.60. The van der Waals surface area contributed by atoms with Gasteiger partial charge in [-0.2, -0.15) is 0 Å². The van der Waals surface area contributed by atoms with E-state index in [1.54, 1.807) is 12.3 Å². The molecule has 0 saturated carbocycles. The molecule has 0 aromatic carbocycles. The normalized spacial score (nSPS) is 9.25. The Balaban J connectivity index is 3.08. The molecule has 0 N–H and O–H groups in total. The Bertz CT molecular complexity index is 166. The minimum atomic E-state index is 0.775. The molecule has 1 aromatic rings. The van der Waals surface area contributed by atoms with Gasteiger partial charge < -0.3 is 0 Å². The lowest BCUT2D eigenvalue weighted by Crippen LogP contribution is -1.86. The van der Waals surface area contributed by atoms with E-state index in [2.05, 4.69) is 16.9 Å². The molecule has 2 heteroatoms. The van der Waals surface area contributed by atoms with Gasteiger partial charge >= 0.3 is 0 Å². The average molecular weight is 107 g/mol. The molecule has 0 aliphatic carbocycles. The Labute approximate surface area is 48.6 Å². The molecule has 0 amide bonds. The summed E-state index contributed by atoms with van der Waals surface area (Å²) in [6, 6.07) is 1.77. The van der Waals surface area contributed by atoms with Crippen molar-refractivity contribution in [3.05, 3.63) is 30.7 Å². The Morgan fingerprint density at radius 1 is 1.62 bits per heavy atom. The number of aryl methyl sites for hydroxylation is 1. The lowest BCUT2D eigenvalue weighted by atomic mass is 10.4. The zero-order valence-corrected chi connectivity index (χ0v) is 4.76. The van der Waals surface area contributed by atoms with Crippen LogP contribution < -0.4 is 0 Å². The third kappa shape index (κ3) is 1.03. The van der Waals surface area contributed by atoms with E-state index in [1.165, 1.54) is 0 Å². The van der Waals surface area contributed by atoms with Gasteiger partial charge in [0.15, 0.2) is 0 Å². The summed E-state index contributed by atoms with van der Waals surface area (Å²) in [5.74, 6) is 0.775. The van der Waals surface area contributed by atoms with Crippen LogP contribution in [0.25, 0.3) is 0 Å². The van der Waals surface area contributed by atoms with Gasteiger partial charge in [0.25, 0.3) is 0 Å². The van der Waals surface area contributed by atoms with E-state index in [1.807, 2.05) is 6.92 Å². The highest BCUT2D eigenvalue weighted by atomic mass is 14.9. The second-order valence-corrected chi connectivity index (χ2v) is 1.60. The molecular formula is C6H7N2. The molecule has 0 aliphatic rings. The van der Waals surface area contributed by atoms with Crippen LogP contribution in [0.1, 0.15) is 11.5 Å². The van der Waals surface area contributed by atoms with Crippen LogP contribution in [-0.4, -0.2) is 9.97 Å². The molecule has 1 rings (SSSR count). The number of hydrogen-bond acceptors (Lipinski definition) is 2. The summed E-state index contributed by atoms with van der Waals surface area (Å²) in [6.45, 7) is 5.47. The van der Waals surface area contributed by atoms with Crippen molar-refractivity contribution in [3.63, 3.8) is 0 Å². The van der Waals surface area contributed by atoms with Crippen LogP contribution in [0.2, 0.25) is 0 Å². The molecule has 2 nitrogen and oxygen atoms in total. The van der Waals surface area contributed by atoms with Crippen molar-refractivity contribution in [2.75, 3.05) is 0 Å². The molecule has 1 aromatic heterocycles. The first kappa shape index (κ1) is 5.22. The lowest BCUT2D eigenvalue weighted by Gasteiger charge is -1.89. The van der Waals surface area contributed by atoms with Gasteiger partial charge in [-0.15, -0.1) is 0 Å². The quantitative estimate of drug-likeness (QED) is 0.493. The topological polar surface area (TPSA) is 25.8 Å². The van der Waals surface area contributed by atoms with Gasteiger partial charge in [0.2, 0.25) is 0 Å². The van der Waals surface area contributed by atoms with Gasteiger partial charge in [-0.3, -0.25) is 0 Å². The first-order chi connectivity index (χ1) is 3.79. The Morgan fingerprint density at radius 2 is 2.38 bits per heavy atom. The van der Waals surface area contributed by atoms with E-state index >= 15 is 0 Å². The van der Waals surface area contributed by atoms with Crippen LogP contribution >= 0.6 is 0 Å². The zero-order valence-electron chi connectivity index (χ0n) is 4.76. The largest absolute Gasteiger partial charge is 0.242 e. The van der Waals surface area contributed by atoms with E-state index in [9.17, 15) is 0 Å². The number of rotatable bonds is 0. The van der Waals surface area contributed by atoms with E-state index in [0.29, 0.717) is 0 Å². The molecule has 0 aliphatic heterocycles. The minimum absolute atomic E-state index is 0.775. The summed E-state index contributed by atoms with van der Waals surface area (Å²) in [4.78, 5) is 7.84. The standard InChI is InChI=1S/C6H7N2/c1-5-3-4-7-6(2)8-5/h3-4H,1H2,2H3. The number of aromatic nitrogens is 2. The minimum Gasteiger partial charge on any atom is -0.242 e. The second kappa shape index (κ2) is 1.90. The molecular weight excluding hydrogens is 100 g/mol. The van der Waals surface area contributed by atoms with Crippen molar-refractivity contribution in [2.24, 2.45) is 0 Å². The first-order valence-electron chi connectivity index (χ1n) is 2.40. The van der Waals surface area contributed by atoms with Gasteiger partial charge in [0.1, 0.15) is 5.82 Å². The molecule has 0 atom stereocenters. The Morgan fingerprint density at radius 3 is 2.75 bits per heavy atom. The van der Waals surface area contributed by atoms with E-state index in [-0.39, 0.29) is 0 Å². The van der Waals surface area contributed by atoms with E-state index < -0.39 is 0 Å². The fourth-order valence-electron chi connectivity index (χ4n) is 0.505. The monoisotopic (exact) mass is 107 g/mol. The van der Waals surface area contributed by atoms with Gasteiger partial charge in [0, 0.05) is 11.9 Å². The summed E-state index contributed by atoms with van der Waals surface area (Å²) < 4.78 is 0. The van der Waals surface area contributed by atoms with Crippen LogP contribution in [0.4, 0.5) is 0 Å². The van der Waals surface area contributed by atoms with E-state index in [0.717, 1.165) is 11.5 Å². The van der Waals surface area contributed by atoms with Crippen LogP contribution in [-0.2, 0) is 0 Å². The summed E-state index contributed by atoms with van der Waals surface area (Å²) in [5.41, 5.74) is 0.775. The van der Waals surface area contributed by atoms with Crippen molar-refractivity contribution >= 4 is 0 Å². The SMILES string of the molecule is [CH2]c1ccnc(C)n1. The van der Waals surface area contributed by atoms with Gasteiger partial charge in [-0.1, -0.05) is 0 Å². The summed E-state index contributed by atoms with van der Waals surface area (Å²) >= 11 is 0. The maximum absolute atomic E-state index is 3.95. The Hall–Kier alpha value is -0.920. The Kier molecular flexibility index (Phi) is 1.24.